The number of nitriles is 1. The summed E-state index contributed by atoms with van der Waals surface area (Å²) in [5, 5.41) is 13.1. The van der Waals surface area contributed by atoms with E-state index in [0.29, 0.717) is 30.1 Å². The van der Waals surface area contributed by atoms with Gasteiger partial charge in [-0.2, -0.15) is 5.26 Å². The van der Waals surface area contributed by atoms with Gasteiger partial charge in [-0.3, -0.25) is 0 Å². The summed E-state index contributed by atoms with van der Waals surface area (Å²) in [6.07, 6.45) is 4.46. The third kappa shape index (κ3) is 11.3. The SMILES string of the molecule is CS(=O)(=O)CC[C@@H](CN(Cc1cccc(Cl)c1)C(=O)OCc1ccccc1)NCc1cncn1Cc1ccc(C#N)cc1.Cl. The zero-order chi connectivity index (χ0) is 30.7. The Morgan fingerprint density at radius 3 is 2.48 bits per heavy atom. The summed E-state index contributed by atoms with van der Waals surface area (Å²) >= 11 is 6.21. The Morgan fingerprint density at radius 2 is 1.80 bits per heavy atom. The van der Waals surface area contributed by atoms with Crippen molar-refractivity contribution in [3.8, 4) is 6.07 Å². The van der Waals surface area contributed by atoms with E-state index in [1.165, 1.54) is 6.26 Å². The number of hydrogen-bond acceptors (Lipinski definition) is 7. The van der Waals surface area contributed by atoms with Crippen LogP contribution < -0.4 is 5.32 Å². The zero-order valence-corrected chi connectivity index (χ0v) is 26.7. The fraction of sp³-hybridized carbons (Fsp3) is 0.281. The van der Waals surface area contributed by atoms with Gasteiger partial charge in [-0.25, -0.2) is 18.2 Å². The molecular formula is C32H35Cl2N5O4S. The molecule has 0 fully saturated rings. The summed E-state index contributed by atoms with van der Waals surface area (Å²) in [5.74, 6) is -0.0424. The van der Waals surface area contributed by atoms with Crippen molar-refractivity contribution in [3.63, 3.8) is 0 Å². The lowest BCUT2D eigenvalue weighted by molar-refractivity contribution is 0.0894. The fourth-order valence-corrected chi connectivity index (χ4v) is 5.44. The molecule has 0 unspecified atom stereocenters. The lowest BCUT2D eigenvalue weighted by Gasteiger charge is -2.28. The standard InChI is InChI=1S/C32H34ClN5O4S.ClH/c1-43(40,41)15-14-30(36-19-31-18-35-24-38(31)20-26-12-10-25(17-34)11-13-26)22-37(21-28-8-5-9-29(33)16-28)32(39)42-23-27-6-3-2-4-7-27;/h2-13,16,18,24,30,36H,14-15,19-23H2,1H3;1H/t30-;/m0./s1. The topological polar surface area (TPSA) is 117 Å². The Bertz CT molecular complexity index is 1640. The van der Waals surface area contributed by atoms with E-state index in [0.717, 1.165) is 22.4 Å². The minimum Gasteiger partial charge on any atom is -0.445 e. The van der Waals surface area contributed by atoms with Crippen molar-refractivity contribution >= 4 is 39.9 Å². The van der Waals surface area contributed by atoms with E-state index >= 15 is 0 Å². The predicted molar refractivity (Wildman–Crippen MR) is 173 cm³/mol. The first-order chi connectivity index (χ1) is 20.7. The largest absolute Gasteiger partial charge is 0.445 e. The Labute approximate surface area is 269 Å². The number of halogens is 2. The summed E-state index contributed by atoms with van der Waals surface area (Å²) in [5.41, 5.74) is 4.18. The number of benzene rings is 3. The number of imidazole rings is 1. The first kappa shape index (κ1) is 34.6. The Kier molecular flexibility index (Phi) is 13.2. The molecule has 0 aliphatic heterocycles. The number of carbonyl (C=O) groups excluding carboxylic acids is 1. The maximum atomic E-state index is 13.4. The van der Waals surface area contributed by atoms with Gasteiger partial charge in [0.05, 0.1) is 29.4 Å². The van der Waals surface area contributed by atoms with Crippen LogP contribution in [0.25, 0.3) is 0 Å². The van der Waals surface area contributed by atoms with Crippen molar-refractivity contribution in [2.45, 2.75) is 38.7 Å². The van der Waals surface area contributed by atoms with Crippen LogP contribution in [0, 0.1) is 11.3 Å². The number of sulfone groups is 1. The summed E-state index contributed by atoms with van der Waals surface area (Å²) in [4.78, 5) is 19.2. The zero-order valence-electron chi connectivity index (χ0n) is 24.3. The molecule has 4 aromatic rings. The summed E-state index contributed by atoms with van der Waals surface area (Å²) < 4.78 is 31.8. The number of rotatable bonds is 14. The van der Waals surface area contributed by atoms with Gasteiger partial charge in [-0.15, -0.1) is 12.4 Å². The quantitative estimate of drug-likeness (QED) is 0.188. The molecule has 1 amide bonds. The van der Waals surface area contributed by atoms with Crippen molar-refractivity contribution in [1.29, 1.82) is 5.26 Å². The first-order valence-electron chi connectivity index (χ1n) is 13.8. The molecule has 4 rings (SSSR count). The van der Waals surface area contributed by atoms with Gasteiger partial charge in [0, 0.05) is 49.7 Å². The average Bonchev–Trinajstić information content (AvgIpc) is 3.44. The van der Waals surface area contributed by atoms with Crippen LogP contribution in [0.3, 0.4) is 0 Å². The van der Waals surface area contributed by atoms with Gasteiger partial charge in [0.2, 0.25) is 0 Å². The van der Waals surface area contributed by atoms with Gasteiger partial charge >= 0.3 is 6.09 Å². The van der Waals surface area contributed by atoms with Gasteiger partial charge in [-0.1, -0.05) is 66.2 Å². The second-order valence-corrected chi connectivity index (χ2v) is 13.1. The van der Waals surface area contributed by atoms with Crippen LogP contribution in [0.4, 0.5) is 4.79 Å². The number of aromatic nitrogens is 2. The van der Waals surface area contributed by atoms with E-state index < -0.39 is 15.9 Å². The maximum absolute atomic E-state index is 13.4. The van der Waals surface area contributed by atoms with Crippen molar-refractivity contribution in [1.82, 2.24) is 19.8 Å². The van der Waals surface area contributed by atoms with Crippen LogP contribution >= 0.6 is 24.0 Å². The summed E-state index contributed by atoms with van der Waals surface area (Å²) in [6, 6.07) is 25.8. The van der Waals surface area contributed by atoms with Crippen LogP contribution in [0.5, 0.6) is 0 Å². The van der Waals surface area contributed by atoms with Crippen LogP contribution in [0.15, 0.2) is 91.4 Å². The second-order valence-electron chi connectivity index (χ2n) is 10.4. The molecule has 1 heterocycles. The fourth-order valence-electron chi connectivity index (χ4n) is 4.52. The predicted octanol–water partition coefficient (Wildman–Crippen LogP) is 5.61. The number of amides is 1. The highest BCUT2D eigenvalue weighted by Crippen LogP contribution is 2.16. The van der Waals surface area contributed by atoms with Crippen LogP contribution in [0.1, 0.15) is 34.4 Å². The van der Waals surface area contributed by atoms with Crippen LogP contribution in [0.2, 0.25) is 5.02 Å². The highest BCUT2D eigenvalue weighted by atomic mass is 35.5. The van der Waals surface area contributed by atoms with Crippen molar-refractivity contribution in [2.75, 3.05) is 18.6 Å². The third-order valence-electron chi connectivity index (χ3n) is 6.81. The van der Waals surface area contributed by atoms with E-state index in [2.05, 4.69) is 16.4 Å². The molecule has 12 heteroatoms. The van der Waals surface area contributed by atoms with E-state index in [1.807, 2.05) is 59.2 Å². The van der Waals surface area contributed by atoms with Gasteiger partial charge < -0.3 is 19.5 Å². The molecular weight excluding hydrogens is 621 g/mol. The van der Waals surface area contributed by atoms with Crippen LogP contribution in [-0.2, 0) is 40.8 Å². The molecule has 44 heavy (non-hydrogen) atoms. The molecule has 232 valence electrons. The molecule has 0 aliphatic carbocycles. The molecule has 0 bridgehead atoms. The second kappa shape index (κ2) is 16.8. The van der Waals surface area contributed by atoms with Gasteiger partial charge in [-0.05, 0) is 47.4 Å². The number of carbonyl (C=O) groups is 1. The van der Waals surface area contributed by atoms with Crippen molar-refractivity contribution in [2.24, 2.45) is 0 Å². The maximum Gasteiger partial charge on any atom is 0.410 e. The molecule has 1 aromatic heterocycles. The average molecular weight is 657 g/mol. The molecule has 1 N–H and O–H groups in total. The van der Waals surface area contributed by atoms with Crippen LogP contribution in [-0.4, -0.2) is 53.6 Å². The van der Waals surface area contributed by atoms with E-state index in [1.54, 1.807) is 41.7 Å². The minimum absolute atomic E-state index is 0. The molecule has 0 spiro atoms. The monoisotopic (exact) mass is 655 g/mol. The smallest absolute Gasteiger partial charge is 0.410 e. The van der Waals surface area contributed by atoms with E-state index in [-0.39, 0.29) is 43.9 Å². The molecule has 9 nitrogen and oxygen atoms in total. The van der Waals surface area contributed by atoms with Gasteiger partial charge in [0.1, 0.15) is 16.4 Å². The van der Waals surface area contributed by atoms with E-state index in [4.69, 9.17) is 21.6 Å². The summed E-state index contributed by atoms with van der Waals surface area (Å²) in [6.45, 7) is 1.52. The van der Waals surface area contributed by atoms with Gasteiger partial charge in [0.25, 0.3) is 0 Å². The highest BCUT2D eigenvalue weighted by molar-refractivity contribution is 7.90. The van der Waals surface area contributed by atoms with Crippen molar-refractivity contribution < 1.29 is 17.9 Å². The number of nitrogens with zero attached hydrogens (tertiary/aromatic N) is 4. The molecule has 1 atom stereocenters. The Balaban J connectivity index is 0.00000529. The molecule has 0 saturated heterocycles. The van der Waals surface area contributed by atoms with Gasteiger partial charge in [0.15, 0.2) is 0 Å². The molecule has 0 aliphatic rings. The summed E-state index contributed by atoms with van der Waals surface area (Å²) in [7, 11) is -3.25. The Hall–Kier alpha value is -3.88. The lowest BCUT2D eigenvalue weighted by Crippen LogP contribution is -2.44. The number of hydrogen-bond donors (Lipinski definition) is 1. The lowest BCUT2D eigenvalue weighted by atomic mass is 10.1. The van der Waals surface area contributed by atoms with E-state index in [9.17, 15) is 13.2 Å². The van der Waals surface area contributed by atoms with Crippen molar-refractivity contribution in [3.05, 3.63) is 124 Å². The number of ether oxygens (including phenoxy) is 1. The molecule has 0 saturated carbocycles. The molecule has 3 aromatic carbocycles. The highest BCUT2D eigenvalue weighted by Gasteiger charge is 2.22. The normalized spacial score (nSPS) is 11.7. The molecule has 0 radical (unpaired) electrons. The number of nitrogens with one attached hydrogen (secondary N) is 1. The minimum atomic E-state index is -3.25. The Morgan fingerprint density at radius 1 is 1.07 bits per heavy atom. The third-order valence-corrected chi connectivity index (χ3v) is 8.02. The first-order valence-corrected chi connectivity index (χ1v) is 16.2.